The van der Waals surface area contributed by atoms with Crippen molar-refractivity contribution < 1.29 is 0 Å². The van der Waals surface area contributed by atoms with Crippen molar-refractivity contribution in [1.29, 1.82) is 0 Å². The standard InChI is InChI=1S/C25H24Br2/c1-2-3-4-5-7-17-8-6-9-18(14-17)25-23-15-19(26)10-12-21(23)22-13-11-20(27)16-24(22)25/h6,8-16,25H,2-5,7H2,1H3. The summed E-state index contributed by atoms with van der Waals surface area (Å²) in [5.74, 6) is 0.306. The molecule has 0 atom stereocenters. The number of halogens is 2. The Balaban J connectivity index is 1.73. The van der Waals surface area contributed by atoms with Crippen LogP contribution in [0.5, 0.6) is 0 Å². The molecular formula is C25H24Br2. The van der Waals surface area contributed by atoms with E-state index in [0.29, 0.717) is 5.92 Å². The molecule has 0 bridgehead atoms. The Bertz CT molecular complexity index is 907. The predicted octanol–water partition coefficient (Wildman–Crippen LogP) is 8.50. The summed E-state index contributed by atoms with van der Waals surface area (Å²) < 4.78 is 2.29. The van der Waals surface area contributed by atoms with Crippen LogP contribution in [0.15, 0.2) is 69.6 Å². The fourth-order valence-electron chi connectivity index (χ4n) is 4.25. The molecule has 138 valence electrons. The number of rotatable bonds is 6. The summed E-state index contributed by atoms with van der Waals surface area (Å²) in [5, 5.41) is 0. The van der Waals surface area contributed by atoms with Gasteiger partial charge in [0.1, 0.15) is 0 Å². The van der Waals surface area contributed by atoms with Crippen molar-refractivity contribution >= 4 is 31.9 Å². The number of benzene rings is 3. The molecule has 27 heavy (non-hydrogen) atoms. The van der Waals surface area contributed by atoms with Crippen molar-refractivity contribution in [1.82, 2.24) is 0 Å². The molecule has 3 aromatic carbocycles. The van der Waals surface area contributed by atoms with Crippen LogP contribution in [-0.2, 0) is 6.42 Å². The largest absolute Gasteiger partial charge is 0.0654 e. The number of hydrogen-bond donors (Lipinski definition) is 0. The molecule has 0 nitrogen and oxygen atoms in total. The molecule has 0 amide bonds. The maximum absolute atomic E-state index is 3.68. The number of fused-ring (bicyclic) bond motifs is 3. The van der Waals surface area contributed by atoms with E-state index in [9.17, 15) is 0 Å². The van der Waals surface area contributed by atoms with E-state index in [-0.39, 0.29) is 0 Å². The molecule has 2 heteroatoms. The van der Waals surface area contributed by atoms with Gasteiger partial charge in [0, 0.05) is 14.9 Å². The zero-order valence-corrected chi connectivity index (χ0v) is 18.8. The van der Waals surface area contributed by atoms with Crippen molar-refractivity contribution in [3.63, 3.8) is 0 Å². The maximum Gasteiger partial charge on any atom is 0.0353 e. The van der Waals surface area contributed by atoms with Gasteiger partial charge in [0.05, 0.1) is 0 Å². The van der Waals surface area contributed by atoms with Gasteiger partial charge in [-0.15, -0.1) is 0 Å². The normalized spacial score (nSPS) is 12.9. The monoisotopic (exact) mass is 482 g/mol. The van der Waals surface area contributed by atoms with Gasteiger partial charge in [-0.05, 0) is 70.5 Å². The van der Waals surface area contributed by atoms with Crippen LogP contribution in [0.2, 0.25) is 0 Å². The van der Waals surface area contributed by atoms with Crippen molar-refractivity contribution in [2.24, 2.45) is 0 Å². The molecule has 3 aromatic rings. The zero-order chi connectivity index (χ0) is 18.8. The average Bonchev–Trinajstić information content (AvgIpc) is 2.97. The fraction of sp³-hybridized carbons (Fsp3) is 0.280. The minimum absolute atomic E-state index is 0.306. The van der Waals surface area contributed by atoms with Gasteiger partial charge < -0.3 is 0 Å². The molecular weight excluding hydrogens is 460 g/mol. The second kappa shape index (κ2) is 8.32. The molecule has 0 N–H and O–H groups in total. The molecule has 0 aliphatic heterocycles. The third kappa shape index (κ3) is 3.93. The van der Waals surface area contributed by atoms with Crippen LogP contribution < -0.4 is 0 Å². The Hall–Kier alpha value is -1.38. The molecule has 0 saturated carbocycles. The van der Waals surface area contributed by atoms with E-state index in [1.165, 1.54) is 65.5 Å². The van der Waals surface area contributed by atoms with Gasteiger partial charge in [-0.3, -0.25) is 0 Å². The lowest BCUT2D eigenvalue weighted by molar-refractivity contribution is 0.666. The molecule has 0 unspecified atom stereocenters. The minimum atomic E-state index is 0.306. The molecule has 0 spiro atoms. The Morgan fingerprint density at radius 3 is 2.04 bits per heavy atom. The van der Waals surface area contributed by atoms with Crippen LogP contribution in [0.1, 0.15) is 60.8 Å². The first-order valence-corrected chi connectivity index (χ1v) is 11.4. The average molecular weight is 484 g/mol. The maximum atomic E-state index is 3.68. The summed E-state index contributed by atoms with van der Waals surface area (Å²) in [4.78, 5) is 0. The molecule has 1 aliphatic carbocycles. The van der Waals surface area contributed by atoms with Crippen LogP contribution in [0.25, 0.3) is 11.1 Å². The van der Waals surface area contributed by atoms with Crippen LogP contribution in [0, 0.1) is 0 Å². The van der Waals surface area contributed by atoms with Crippen molar-refractivity contribution in [2.75, 3.05) is 0 Å². The topological polar surface area (TPSA) is 0 Å². The number of aryl methyl sites for hydroxylation is 1. The molecule has 0 aromatic heterocycles. The highest BCUT2D eigenvalue weighted by atomic mass is 79.9. The first-order chi connectivity index (χ1) is 13.2. The van der Waals surface area contributed by atoms with Gasteiger partial charge >= 0.3 is 0 Å². The lowest BCUT2D eigenvalue weighted by Gasteiger charge is -2.16. The van der Waals surface area contributed by atoms with Gasteiger partial charge in [0.15, 0.2) is 0 Å². The third-order valence-corrected chi connectivity index (χ3v) is 6.53. The van der Waals surface area contributed by atoms with Gasteiger partial charge in [-0.1, -0.05) is 94.4 Å². The summed E-state index contributed by atoms with van der Waals surface area (Å²) >= 11 is 7.36. The van der Waals surface area contributed by atoms with E-state index < -0.39 is 0 Å². The first kappa shape index (κ1) is 19.0. The van der Waals surface area contributed by atoms with E-state index in [4.69, 9.17) is 0 Å². The Morgan fingerprint density at radius 2 is 1.41 bits per heavy atom. The smallest absolute Gasteiger partial charge is 0.0353 e. The van der Waals surface area contributed by atoms with Gasteiger partial charge in [-0.25, -0.2) is 0 Å². The van der Waals surface area contributed by atoms with Crippen LogP contribution in [0.3, 0.4) is 0 Å². The van der Waals surface area contributed by atoms with E-state index >= 15 is 0 Å². The summed E-state index contributed by atoms with van der Waals surface area (Å²) in [7, 11) is 0. The molecule has 0 saturated heterocycles. The summed E-state index contributed by atoms with van der Waals surface area (Å²) in [5.41, 5.74) is 8.39. The number of hydrogen-bond acceptors (Lipinski definition) is 0. The third-order valence-electron chi connectivity index (χ3n) is 5.54. The summed E-state index contributed by atoms with van der Waals surface area (Å²) in [6.07, 6.45) is 6.42. The fourth-order valence-corrected chi connectivity index (χ4v) is 5.00. The van der Waals surface area contributed by atoms with Gasteiger partial charge in [0.25, 0.3) is 0 Å². The molecule has 4 rings (SSSR count). The zero-order valence-electron chi connectivity index (χ0n) is 15.6. The van der Waals surface area contributed by atoms with Crippen LogP contribution >= 0.6 is 31.9 Å². The van der Waals surface area contributed by atoms with E-state index in [1.807, 2.05) is 0 Å². The van der Waals surface area contributed by atoms with Crippen LogP contribution in [0.4, 0.5) is 0 Å². The Kier molecular flexibility index (Phi) is 5.85. The van der Waals surface area contributed by atoms with Gasteiger partial charge in [0.2, 0.25) is 0 Å². The van der Waals surface area contributed by atoms with Crippen molar-refractivity contribution in [3.05, 3.63) is 91.9 Å². The van der Waals surface area contributed by atoms with E-state index in [2.05, 4.69) is 99.4 Å². The summed E-state index contributed by atoms with van der Waals surface area (Å²) in [6.45, 7) is 2.27. The molecule has 1 aliphatic rings. The summed E-state index contributed by atoms with van der Waals surface area (Å²) in [6, 6.07) is 22.6. The Morgan fingerprint density at radius 1 is 0.741 bits per heavy atom. The second-order valence-electron chi connectivity index (χ2n) is 7.45. The predicted molar refractivity (Wildman–Crippen MR) is 123 cm³/mol. The van der Waals surface area contributed by atoms with E-state index in [0.717, 1.165) is 8.95 Å². The van der Waals surface area contributed by atoms with Gasteiger partial charge in [-0.2, -0.15) is 0 Å². The molecule has 0 radical (unpaired) electrons. The lowest BCUT2D eigenvalue weighted by atomic mass is 9.88. The minimum Gasteiger partial charge on any atom is -0.0654 e. The number of unbranched alkanes of at least 4 members (excludes halogenated alkanes) is 3. The van der Waals surface area contributed by atoms with Crippen molar-refractivity contribution in [3.8, 4) is 11.1 Å². The highest BCUT2D eigenvalue weighted by molar-refractivity contribution is 9.10. The molecule has 0 heterocycles. The molecule has 0 fully saturated rings. The lowest BCUT2D eigenvalue weighted by Crippen LogP contribution is -2.00. The van der Waals surface area contributed by atoms with Crippen molar-refractivity contribution in [2.45, 2.75) is 44.9 Å². The second-order valence-corrected chi connectivity index (χ2v) is 9.28. The first-order valence-electron chi connectivity index (χ1n) is 9.85. The highest BCUT2D eigenvalue weighted by Crippen LogP contribution is 2.49. The highest BCUT2D eigenvalue weighted by Gasteiger charge is 2.30. The van der Waals surface area contributed by atoms with E-state index in [1.54, 1.807) is 0 Å². The quantitative estimate of drug-likeness (QED) is 0.241. The Labute approximate surface area is 179 Å². The van der Waals surface area contributed by atoms with Crippen LogP contribution in [-0.4, -0.2) is 0 Å². The SMILES string of the molecule is CCCCCCc1cccc(C2c3cc(Br)ccc3-c3ccc(Br)cc32)c1.